The van der Waals surface area contributed by atoms with Crippen molar-refractivity contribution >= 4 is 16.9 Å². The Bertz CT molecular complexity index is 935. The minimum absolute atomic E-state index is 0.0677. The number of para-hydroxylation sites is 1. The summed E-state index contributed by atoms with van der Waals surface area (Å²) in [5.74, 6) is 0.0488. The van der Waals surface area contributed by atoms with Crippen LogP contribution in [0.4, 0.5) is 4.39 Å². The van der Waals surface area contributed by atoms with Gasteiger partial charge >= 0.3 is 0 Å². The SMILES string of the molecule is CO[C@@H]1C[C@H](c2nc(C)no2)N(C(=O)c2cc3cccc(F)c3o2)C1. The topological polar surface area (TPSA) is 81.6 Å². The van der Waals surface area contributed by atoms with Crippen LogP contribution in [0.2, 0.25) is 0 Å². The summed E-state index contributed by atoms with van der Waals surface area (Å²) in [5.41, 5.74) is 0.0681. The van der Waals surface area contributed by atoms with Gasteiger partial charge in [0.1, 0.15) is 6.04 Å². The molecule has 0 saturated carbocycles. The number of halogens is 1. The molecule has 1 amide bonds. The predicted molar refractivity (Wildman–Crippen MR) is 84.4 cm³/mol. The molecule has 0 radical (unpaired) electrons. The Kier molecular flexibility index (Phi) is 3.76. The van der Waals surface area contributed by atoms with E-state index in [9.17, 15) is 9.18 Å². The van der Waals surface area contributed by atoms with Crippen LogP contribution in [0.1, 0.15) is 34.7 Å². The number of carbonyl (C=O) groups excluding carboxylic acids is 1. The number of carbonyl (C=O) groups is 1. The van der Waals surface area contributed by atoms with Crippen LogP contribution < -0.4 is 0 Å². The van der Waals surface area contributed by atoms with E-state index in [4.69, 9.17) is 13.7 Å². The fourth-order valence-corrected chi connectivity index (χ4v) is 3.15. The number of hydrogen-bond donors (Lipinski definition) is 0. The lowest BCUT2D eigenvalue weighted by atomic mass is 10.2. The van der Waals surface area contributed by atoms with Crippen LogP contribution in [-0.2, 0) is 4.74 Å². The quantitative estimate of drug-likeness (QED) is 0.726. The van der Waals surface area contributed by atoms with Crippen LogP contribution in [0, 0.1) is 12.7 Å². The lowest BCUT2D eigenvalue weighted by molar-refractivity contribution is 0.0642. The number of nitrogens with zero attached hydrogens (tertiary/aromatic N) is 3. The van der Waals surface area contributed by atoms with Crippen molar-refractivity contribution in [3.63, 3.8) is 0 Å². The fourth-order valence-electron chi connectivity index (χ4n) is 3.15. The molecule has 8 heteroatoms. The third-order valence-electron chi connectivity index (χ3n) is 4.39. The summed E-state index contributed by atoms with van der Waals surface area (Å²) >= 11 is 0. The maximum atomic E-state index is 13.8. The van der Waals surface area contributed by atoms with Gasteiger partial charge in [0.2, 0.25) is 5.89 Å². The maximum Gasteiger partial charge on any atom is 0.290 e. The molecule has 130 valence electrons. The van der Waals surface area contributed by atoms with E-state index in [0.29, 0.717) is 30.1 Å². The number of furan rings is 1. The summed E-state index contributed by atoms with van der Waals surface area (Å²) in [5, 5.41) is 4.33. The van der Waals surface area contributed by atoms with Gasteiger partial charge in [-0.15, -0.1) is 0 Å². The van der Waals surface area contributed by atoms with Gasteiger partial charge in [-0.2, -0.15) is 4.98 Å². The number of amides is 1. The minimum Gasteiger partial charge on any atom is -0.448 e. The van der Waals surface area contributed by atoms with E-state index < -0.39 is 11.9 Å². The standard InChI is InChI=1S/C17H16FN3O4/c1-9-19-16(25-20-9)13-7-11(23-2)8-21(13)17(22)14-6-10-4-3-5-12(18)15(10)24-14/h3-6,11,13H,7-8H2,1-2H3/t11-,13-/m1/s1. The molecule has 1 saturated heterocycles. The predicted octanol–water partition coefficient (Wildman–Crippen LogP) is 2.87. The third kappa shape index (κ3) is 2.68. The first-order valence-corrected chi connectivity index (χ1v) is 7.89. The Labute approximate surface area is 142 Å². The lowest BCUT2D eigenvalue weighted by Crippen LogP contribution is -2.31. The van der Waals surface area contributed by atoms with Crippen molar-refractivity contribution in [2.75, 3.05) is 13.7 Å². The van der Waals surface area contributed by atoms with Crippen molar-refractivity contribution in [2.45, 2.75) is 25.5 Å². The Morgan fingerprint density at radius 2 is 2.28 bits per heavy atom. The summed E-state index contributed by atoms with van der Waals surface area (Å²) in [7, 11) is 1.59. The number of rotatable bonds is 3. The zero-order valence-electron chi connectivity index (χ0n) is 13.7. The molecule has 1 aliphatic rings. The average Bonchev–Trinajstić information content (AvgIpc) is 3.31. The molecule has 0 unspecified atom stereocenters. The van der Waals surface area contributed by atoms with Gasteiger partial charge < -0.3 is 18.6 Å². The molecular weight excluding hydrogens is 329 g/mol. The van der Waals surface area contributed by atoms with Crippen molar-refractivity contribution in [3.05, 3.63) is 47.6 Å². The first kappa shape index (κ1) is 15.8. The molecule has 4 rings (SSSR count). The molecule has 2 aromatic heterocycles. The summed E-state index contributed by atoms with van der Waals surface area (Å²) in [6.07, 6.45) is 0.389. The van der Waals surface area contributed by atoms with Gasteiger partial charge in [0, 0.05) is 25.5 Å². The summed E-state index contributed by atoms with van der Waals surface area (Å²) < 4.78 is 29.9. The number of hydrogen-bond acceptors (Lipinski definition) is 6. The maximum absolute atomic E-state index is 13.8. The van der Waals surface area contributed by atoms with E-state index in [-0.39, 0.29) is 23.4 Å². The molecule has 3 aromatic rings. The van der Waals surface area contributed by atoms with Gasteiger partial charge in [-0.3, -0.25) is 4.79 Å². The number of aryl methyl sites for hydroxylation is 1. The highest BCUT2D eigenvalue weighted by molar-refractivity contribution is 5.96. The molecule has 0 aliphatic carbocycles. The lowest BCUT2D eigenvalue weighted by Gasteiger charge is -2.20. The average molecular weight is 345 g/mol. The van der Waals surface area contributed by atoms with E-state index in [1.54, 1.807) is 31.1 Å². The van der Waals surface area contributed by atoms with Gasteiger partial charge in [-0.05, 0) is 19.1 Å². The Morgan fingerprint density at radius 1 is 1.44 bits per heavy atom. The van der Waals surface area contributed by atoms with Crippen molar-refractivity contribution in [3.8, 4) is 0 Å². The number of ether oxygens (including phenoxy) is 1. The largest absolute Gasteiger partial charge is 0.448 e. The molecule has 3 heterocycles. The number of methoxy groups -OCH3 is 1. The first-order chi connectivity index (χ1) is 12.1. The second-order valence-electron chi connectivity index (χ2n) is 6.02. The molecule has 0 bridgehead atoms. The third-order valence-corrected chi connectivity index (χ3v) is 4.39. The van der Waals surface area contributed by atoms with Crippen molar-refractivity contribution in [1.29, 1.82) is 0 Å². The number of fused-ring (bicyclic) bond motifs is 1. The summed E-state index contributed by atoms with van der Waals surface area (Å²) in [6, 6.07) is 5.69. The highest BCUT2D eigenvalue weighted by atomic mass is 19.1. The zero-order valence-corrected chi connectivity index (χ0v) is 13.7. The first-order valence-electron chi connectivity index (χ1n) is 7.89. The summed E-state index contributed by atoms with van der Waals surface area (Å²) in [6.45, 7) is 2.07. The Balaban J connectivity index is 1.69. The van der Waals surface area contributed by atoms with Crippen LogP contribution in [0.15, 0.2) is 33.2 Å². The van der Waals surface area contributed by atoms with Gasteiger partial charge in [-0.1, -0.05) is 17.3 Å². The van der Waals surface area contributed by atoms with Crippen LogP contribution in [0.5, 0.6) is 0 Å². The zero-order chi connectivity index (χ0) is 17.6. The molecule has 1 aliphatic heterocycles. The van der Waals surface area contributed by atoms with E-state index in [1.807, 2.05) is 0 Å². The molecular formula is C17H16FN3O4. The minimum atomic E-state index is -0.503. The monoisotopic (exact) mass is 345 g/mol. The van der Waals surface area contributed by atoms with Gasteiger partial charge in [-0.25, -0.2) is 4.39 Å². The van der Waals surface area contributed by atoms with Gasteiger partial charge in [0.15, 0.2) is 23.0 Å². The van der Waals surface area contributed by atoms with E-state index in [2.05, 4.69) is 10.1 Å². The van der Waals surface area contributed by atoms with Gasteiger partial charge in [0.05, 0.1) is 6.10 Å². The highest BCUT2D eigenvalue weighted by Crippen LogP contribution is 2.34. The van der Waals surface area contributed by atoms with Crippen LogP contribution >= 0.6 is 0 Å². The van der Waals surface area contributed by atoms with E-state index >= 15 is 0 Å². The fraction of sp³-hybridized carbons (Fsp3) is 0.353. The molecule has 2 atom stereocenters. The molecule has 0 N–H and O–H groups in total. The molecule has 0 spiro atoms. The Morgan fingerprint density at radius 3 is 2.96 bits per heavy atom. The van der Waals surface area contributed by atoms with Crippen molar-refractivity contribution in [2.24, 2.45) is 0 Å². The van der Waals surface area contributed by atoms with E-state index in [1.165, 1.54) is 12.1 Å². The van der Waals surface area contributed by atoms with Gasteiger partial charge in [0.25, 0.3) is 5.91 Å². The number of benzene rings is 1. The van der Waals surface area contributed by atoms with Crippen molar-refractivity contribution in [1.82, 2.24) is 15.0 Å². The van der Waals surface area contributed by atoms with Crippen molar-refractivity contribution < 1.29 is 22.9 Å². The number of likely N-dealkylation sites (tertiary alicyclic amines) is 1. The molecule has 7 nitrogen and oxygen atoms in total. The molecule has 1 aromatic carbocycles. The van der Waals surface area contributed by atoms with Crippen LogP contribution in [-0.4, -0.2) is 40.7 Å². The van der Waals surface area contributed by atoms with Crippen LogP contribution in [0.25, 0.3) is 11.0 Å². The summed E-state index contributed by atoms with van der Waals surface area (Å²) in [4.78, 5) is 18.7. The van der Waals surface area contributed by atoms with E-state index in [0.717, 1.165) is 0 Å². The molecule has 1 fully saturated rings. The number of aromatic nitrogens is 2. The normalized spacial score (nSPS) is 20.5. The van der Waals surface area contributed by atoms with Crippen LogP contribution in [0.3, 0.4) is 0 Å². The highest BCUT2D eigenvalue weighted by Gasteiger charge is 2.40. The molecule has 25 heavy (non-hydrogen) atoms. The second-order valence-corrected chi connectivity index (χ2v) is 6.02. The second kappa shape index (κ2) is 5.96. The smallest absolute Gasteiger partial charge is 0.290 e. The Hall–Kier alpha value is -2.74.